The van der Waals surface area contributed by atoms with Gasteiger partial charge in [-0.25, -0.2) is 4.79 Å². The first-order valence-electron chi connectivity index (χ1n) is 10.5. The van der Waals surface area contributed by atoms with Crippen LogP contribution in [0, 0.1) is 50.0 Å². The number of carbonyl (C=O) groups excluding carboxylic acids is 2. The highest BCUT2D eigenvalue weighted by Gasteiger charge is 2.62. The van der Waals surface area contributed by atoms with Crippen LogP contribution < -0.4 is 4.74 Å². The van der Waals surface area contributed by atoms with Gasteiger partial charge < -0.3 is 9.47 Å². The molecule has 0 saturated heterocycles. The summed E-state index contributed by atoms with van der Waals surface area (Å²) in [6.45, 7) is 0.0293. The molecule has 4 atom stereocenters. The number of rotatable bonds is 6. The van der Waals surface area contributed by atoms with Crippen LogP contribution in [0.2, 0.25) is 0 Å². The van der Waals surface area contributed by atoms with E-state index in [1.165, 1.54) is 18.2 Å². The molecule has 4 saturated carbocycles. The zero-order chi connectivity index (χ0) is 24.4. The van der Waals surface area contributed by atoms with Crippen LogP contribution in [0.15, 0.2) is 23.1 Å². The average Bonchev–Trinajstić information content (AvgIpc) is 3.18. The molecule has 0 radical (unpaired) electrons. The second-order valence-corrected chi connectivity index (χ2v) is 10.9. The number of esters is 1. The first-order valence-corrected chi connectivity index (χ1v) is 12.3. The SMILES string of the molecule is O=[S+]c1c(F)c(F)c(Oc2ccc(I)cc2C(=O)OCC23CC4C[C@@H](CC2C4=O)C3)c(F)c1F. The van der Waals surface area contributed by atoms with Crippen LogP contribution >= 0.6 is 22.6 Å². The van der Waals surface area contributed by atoms with Crippen molar-refractivity contribution in [3.05, 3.63) is 50.6 Å². The zero-order valence-corrected chi connectivity index (χ0v) is 20.3. The summed E-state index contributed by atoms with van der Waals surface area (Å²) < 4.78 is 78.8. The molecule has 11 heteroatoms. The van der Waals surface area contributed by atoms with Gasteiger partial charge in [-0.1, -0.05) is 0 Å². The van der Waals surface area contributed by atoms with E-state index in [1.807, 2.05) is 22.6 Å². The van der Waals surface area contributed by atoms with E-state index in [4.69, 9.17) is 9.47 Å². The molecular formula is C23H16F4IO5S+. The third-order valence-electron chi connectivity index (χ3n) is 7.15. The molecule has 4 aliphatic rings. The highest BCUT2D eigenvalue weighted by Crippen LogP contribution is 2.63. The number of ketones is 1. The van der Waals surface area contributed by atoms with Crippen molar-refractivity contribution in [2.75, 3.05) is 6.61 Å². The van der Waals surface area contributed by atoms with Crippen LogP contribution in [0.4, 0.5) is 17.6 Å². The number of Topliss-reactive ketones (excluding diaryl/α,β-unsaturated/α-hetero) is 1. The molecule has 4 fully saturated rings. The molecular weight excluding hydrogens is 591 g/mol. The lowest BCUT2D eigenvalue weighted by molar-refractivity contribution is -0.126. The van der Waals surface area contributed by atoms with Gasteiger partial charge in [-0.3, -0.25) is 4.79 Å². The first kappa shape index (κ1) is 23.6. The third kappa shape index (κ3) is 3.62. The fraction of sp³-hybridized carbons (Fsp3) is 0.391. The standard InChI is InChI=1S/C23H16F4IO5S/c24-15-17(26)21(34-31)18(27)16(25)20(15)33-14-2-1-11(28)5-12(14)22(30)32-8-23-6-9-3-10(7-23)19(29)13(23)4-9/h1-2,5,9-10,13H,3-4,6-8H2/q+1/t9-,10?,13?,23?/m0/s1. The van der Waals surface area contributed by atoms with Crippen molar-refractivity contribution in [2.45, 2.75) is 30.6 Å². The van der Waals surface area contributed by atoms with Crippen molar-refractivity contribution in [3.8, 4) is 11.5 Å². The van der Waals surface area contributed by atoms with Gasteiger partial charge in [0, 0.05) is 25.0 Å². The van der Waals surface area contributed by atoms with Gasteiger partial charge in [-0.15, -0.1) is 0 Å². The lowest BCUT2D eigenvalue weighted by Crippen LogP contribution is -2.30. The topological polar surface area (TPSA) is 69.7 Å². The molecule has 4 bridgehead atoms. The summed E-state index contributed by atoms with van der Waals surface area (Å²) in [6.07, 6.45) is 3.17. The van der Waals surface area contributed by atoms with Gasteiger partial charge in [-0.2, -0.15) is 17.6 Å². The first-order chi connectivity index (χ1) is 16.1. The van der Waals surface area contributed by atoms with Gasteiger partial charge in [-0.05, 0) is 72.4 Å². The molecule has 5 nitrogen and oxygen atoms in total. The van der Waals surface area contributed by atoms with E-state index >= 15 is 0 Å². The fourth-order valence-corrected chi connectivity index (χ4v) is 6.62. The highest BCUT2D eigenvalue weighted by atomic mass is 127. The number of ether oxygens (including phenoxy) is 2. The Morgan fingerprint density at radius 3 is 2.47 bits per heavy atom. The van der Waals surface area contributed by atoms with E-state index in [9.17, 15) is 31.4 Å². The Bertz CT molecular complexity index is 1230. The molecule has 0 amide bonds. The quantitative estimate of drug-likeness (QED) is 0.141. The van der Waals surface area contributed by atoms with Crippen molar-refractivity contribution >= 4 is 46.0 Å². The zero-order valence-electron chi connectivity index (χ0n) is 17.3. The lowest BCUT2D eigenvalue weighted by atomic mass is 9.76. The average molecular weight is 607 g/mol. The smallest absolute Gasteiger partial charge is 0.461 e. The molecule has 4 aliphatic carbocycles. The van der Waals surface area contributed by atoms with E-state index in [-0.39, 0.29) is 41.0 Å². The number of benzene rings is 2. The van der Waals surface area contributed by atoms with Gasteiger partial charge in [0.2, 0.25) is 29.0 Å². The Balaban J connectivity index is 1.42. The molecule has 2 aromatic rings. The van der Waals surface area contributed by atoms with Crippen molar-refractivity contribution < 1.29 is 40.8 Å². The van der Waals surface area contributed by atoms with Gasteiger partial charge in [0.15, 0.2) is 0 Å². The summed E-state index contributed by atoms with van der Waals surface area (Å²) in [5.74, 6) is -9.65. The Kier molecular flexibility index (Phi) is 5.90. The highest BCUT2D eigenvalue weighted by molar-refractivity contribution is 14.1. The fourth-order valence-electron chi connectivity index (χ4n) is 5.80. The van der Waals surface area contributed by atoms with Gasteiger partial charge in [0.05, 0.1) is 6.61 Å². The molecule has 0 aromatic heterocycles. The van der Waals surface area contributed by atoms with Crippen LogP contribution in [0.5, 0.6) is 11.5 Å². The van der Waals surface area contributed by atoms with Crippen LogP contribution in [0.3, 0.4) is 0 Å². The van der Waals surface area contributed by atoms with Crippen LogP contribution in [-0.4, -0.2) is 18.4 Å². The lowest BCUT2D eigenvalue weighted by Gasteiger charge is -2.31. The maximum Gasteiger partial charge on any atom is 0.511 e. The molecule has 3 unspecified atom stereocenters. The molecule has 2 aromatic carbocycles. The van der Waals surface area contributed by atoms with Crippen LogP contribution in [0.1, 0.15) is 36.0 Å². The second-order valence-electron chi connectivity index (χ2n) is 9.08. The molecule has 0 heterocycles. The van der Waals surface area contributed by atoms with Crippen molar-refractivity contribution in [2.24, 2.45) is 23.2 Å². The Morgan fingerprint density at radius 1 is 1.09 bits per heavy atom. The monoisotopic (exact) mass is 607 g/mol. The van der Waals surface area contributed by atoms with Gasteiger partial charge in [0.1, 0.15) is 17.1 Å². The second kappa shape index (κ2) is 8.51. The minimum absolute atomic E-state index is 0.0127. The van der Waals surface area contributed by atoms with Crippen LogP contribution in [-0.2, 0) is 25.4 Å². The summed E-state index contributed by atoms with van der Waals surface area (Å²) >= 11 is 1.18. The Hall–Kier alpha value is -2.15. The van der Waals surface area contributed by atoms with Crippen molar-refractivity contribution in [1.29, 1.82) is 0 Å². The minimum atomic E-state index is -1.90. The van der Waals surface area contributed by atoms with Crippen molar-refractivity contribution in [3.63, 3.8) is 0 Å². The molecule has 34 heavy (non-hydrogen) atoms. The van der Waals surface area contributed by atoms with Crippen molar-refractivity contribution in [1.82, 2.24) is 0 Å². The van der Waals surface area contributed by atoms with E-state index in [0.29, 0.717) is 15.9 Å². The summed E-state index contributed by atoms with van der Waals surface area (Å²) in [5, 5.41) is 0. The van der Waals surface area contributed by atoms with Crippen LogP contribution in [0.25, 0.3) is 0 Å². The number of carbonyl (C=O) groups is 2. The number of hydrogen-bond acceptors (Lipinski definition) is 5. The normalized spacial score (nSPS) is 26.7. The van der Waals surface area contributed by atoms with E-state index in [1.54, 1.807) is 0 Å². The van der Waals surface area contributed by atoms with Gasteiger partial charge in [0.25, 0.3) is 0 Å². The van der Waals surface area contributed by atoms with E-state index in [2.05, 4.69) is 0 Å². The maximum absolute atomic E-state index is 14.4. The summed E-state index contributed by atoms with van der Waals surface area (Å²) in [7, 11) is 0. The molecule has 6 rings (SSSR count). The predicted octanol–water partition coefficient (Wildman–Crippen LogP) is 5.59. The molecule has 0 N–H and O–H groups in total. The predicted molar refractivity (Wildman–Crippen MR) is 118 cm³/mol. The van der Waals surface area contributed by atoms with E-state index in [0.717, 1.165) is 19.3 Å². The Morgan fingerprint density at radius 2 is 1.79 bits per heavy atom. The number of hydrogen-bond donors (Lipinski definition) is 0. The molecule has 0 spiro atoms. The van der Waals surface area contributed by atoms with E-state index < -0.39 is 51.5 Å². The largest absolute Gasteiger partial charge is 0.511 e. The summed E-state index contributed by atoms with van der Waals surface area (Å²) in [6, 6.07) is 4.03. The molecule has 178 valence electrons. The Labute approximate surface area is 208 Å². The third-order valence-corrected chi connectivity index (χ3v) is 8.35. The van der Waals surface area contributed by atoms with Gasteiger partial charge >= 0.3 is 22.5 Å². The maximum atomic E-state index is 14.4. The number of halogens is 5. The molecule has 0 aliphatic heterocycles. The summed E-state index contributed by atoms with van der Waals surface area (Å²) in [4.78, 5) is 24.1. The minimum Gasteiger partial charge on any atom is -0.461 e. The summed E-state index contributed by atoms with van der Waals surface area (Å²) in [5.41, 5.74) is -0.589.